The second-order valence-corrected chi connectivity index (χ2v) is 9.20. The number of nitro benzene ring substituents is 1. The van der Waals surface area contributed by atoms with Crippen molar-refractivity contribution in [2.75, 3.05) is 37.5 Å². The van der Waals surface area contributed by atoms with E-state index in [1.165, 1.54) is 25.1 Å². The van der Waals surface area contributed by atoms with E-state index in [1.54, 1.807) is 0 Å². The molecule has 0 fully saturated rings. The number of hydrogen-bond donors (Lipinski definition) is 2. The van der Waals surface area contributed by atoms with Crippen molar-refractivity contribution in [3.05, 3.63) is 57.1 Å². The zero-order chi connectivity index (χ0) is 26.6. The van der Waals surface area contributed by atoms with E-state index in [2.05, 4.69) is 10.1 Å². The molecule has 0 atom stereocenters. The van der Waals surface area contributed by atoms with Gasteiger partial charge in [-0.25, -0.2) is 8.42 Å². The molecule has 0 saturated carbocycles. The van der Waals surface area contributed by atoms with Crippen molar-refractivity contribution in [2.24, 2.45) is 0 Å². The molecule has 2 aromatic rings. The zero-order valence-electron chi connectivity index (χ0n) is 18.1. The predicted octanol–water partition coefficient (Wildman–Crippen LogP) is 2.79. The summed E-state index contributed by atoms with van der Waals surface area (Å²) in [6, 6.07) is 5.37. The molecule has 190 valence electrons. The number of alkyl halides is 3. The number of amides is 1. The van der Waals surface area contributed by atoms with Crippen LogP contribution in [0.25, 0.3) is 0 Å². The van der Waals surface area contributed by atoms with E-state index in [9.17, 15) is 41.3 Å². The number of nitro groups is 1. The van der Waals surface area contributed by atoms with E-state index in [1.807, 2.05) is 4.72 Å². The van der Waals surface area contributed by atoms with E-state index in [0.29, 0.717) is 12.1 Å². The average molecular weight is 539 g/mol. The molecule has 0 unspecified atom stereocenters. The summed E-state index contributed by atoms with van der Waals surface area (Å²) in [5.41, 5.74) is -1.76. The molecule has 2 rings (SSSR count). The molecule has 2 aromatic carbocycles. The molecule has 0 spiro atoms. The van der Waals surface area contributed by atoms with E-state index >= 15 is 0 Å². The van der Waals surface area contributed by atoms with Crippen LogP contribution in [0.5, 0.6) is 0 Å². The van der Waals surface area contributed by atoms with Crippen molar-refractivity contribution in [3.8, 4) is 0 Å². The van der Waals surface area contributed by atoms with E-state index in [-0.39, 0.29) is 16.4 Å². The Morgan fingerprint density at radius 3 is 2.40 bits per heavy atom. The van der Waals surface area contributed by atoms with Gasteiger partial charge in [0.1, 0.15) is 12.2 Å². The lowest BCUT2D eigenvalue weighted by Crippen LogP contribution is -2.32. The molecule has 0 aliphatic rings. The standard InChI is InChI=1S/C19H18ClF3N4O7S/c1-26(2)15-6-4-12(8-16(15)27(30)31)35(32,33)24-9-18(29)34-10-17(28)25-14-7-11(19(21,22)23)3-5-13(14)20/h3-8,24H,9-10H2,1-2H3,(H,25,28). The molecular formula is C19H18ClF3N4O7S. The Kier molecular flexibility index (Phi) is 8.64. The van der Waals surface area contributed by atoms with Crippen LogP contribution >= 0.6 is 11.6 Å². The van der Waals surface area contributed by atoms with Gasteiger partial charge in [0, 0.05) is 20.2 Å². The first-order chi connectivity index (χ1) is 16.1. The Morgan fingerprint density at radius 1 is 1.17 bits per heavy atom. The molecule has 0 radical (unpaired) electrons. The quantitative estimate of drug-likeness (QED) is 0.281. The van der Waals surface area contributed by atoms with Crippen LogP contribution in [0.2, 0.25) is 5.02 Å². The highest BCUT2D eigenvalue weighted by molar-refractivity contribution is 7.89. The number of nitrogens with zero attached hydrogens (tertiary/aromatic N) is 2. The van der Waals surface area contributed by atoms with Crippen LogP contribution in [-0.4, -0.2) is 52.5 Å². The average Bonchev–Trinajstić information content (AvgIpc) is 2.76. The summed E-state index contributed by atoms with van der Waals surface area (Å²) in [5.74, 6) is -2.23. The largest absolute Gasteiger partial charge is 0.455 e. The lowest BCUT2D eigenvalue weighted by molar-refractivity contribution is -0.384. The summed E-state index contributed by atoms with van der Waals surface area (Å²) in [5, 5.41) is 13.1. The van der Waals surface area contributed by atoms with Gasteiger partial charge in [-0.2, -0.15) is 17.9 Å². The molecule has 2 N–H and O–H groups in total. The van der Waals surface area contributed by atoms with Crippen LogP contribution in [0.15, 0.2) is 41.3 Å². The van der Waals surface area contributed by atoms with Crippen molar-refractivity contribution in [2.45, 2.75) is 11.1 Å². The molecule has 0 aromatic heterocycles. The van der Waals surface area contributed by atoms with Gasteiger partial charge in [0.25, 0.3) is 11.6 Å². The summed E-state index contributed by atoms with van der Waals surface area (Å²) in [4.78, 5) is 35.1. The molecule has 16 heteroatoms. The first kappa shape index (κ1) is 27.8. The topological polar surface area (TPSA) is 148 Å². The molecule has 0 aliphatic heterocycles. The maximum Gasteiger partial charge on any atom is 0.416 e. The third-order valence-electron chi connectivity index (χ3n) is 4.27. The lowest BCUT2D eigenvalue weighted by atomic mass is 10.2. The number of sulfonamides is 1. The first-order valence-corrected chi connectivity index (χ1v) is 11.3. The minimum atomic E-state index is -4.68. The molecule has 11 nitrogen and oxygen atoms in total. The fraction of sp³-hybridized carbons (Fsp3) is 0.263. The van der Waals surface area contributed by atoms with Crippen molar-refractivity contribution < 1.29 is 40.8 Å². The first-order valence-electron chi connectivity index (χ1n) is 9.39. The van der Waals surface area contributed by atoms with Gasteiger partial charge in [-0.15, -0.1) is 0 Å². The van der Waals surface area contributed by atoms with Gasteiger partial charge in [-0.3, -0.25) is 19.7 Å². The van der Waals surface area contributed by atoms with E-state index in [0.717, 1.165) is 18.2 Å². The number of halogens is 4. The normalized spacial score (nSPS) is 11.6. The van der Waals surface area contributed by atoms with Crippen LogP contribution < -0.4 is 14.9 Å². The van der Waals surface area contributed by atoms with Gasteiger partial charge in [0.2, 0.25) is 10.0 Å². The molecule has 1 amide bonds. The van der Waals surface area contributed by atoms with Crippen LogP contribution in [-0.2, 0) is 30.5 Å². The highest BCUT2D eigenvalue weighted by Gasteiger charge is 2.31. The zero-order valence-corrected chi connectivity index (χ0v) is 19.6. The number of anilines is 2. The Balaban J connectivity index is 1.97. The fourth-order valence-electron chi connectivity index (χ4n) is 2.61. The molecule has 35 heavy (non-hydrogen) atoms. The Hall–Kier alpha value is -3.43. The third-order valence-corrected chi connectivity index (χ3v) is 6.00. The Bertz CT molecular complexity index is 1250. The minimum absolute atomic E-state index is 0.153. The summed E-state index contributed by atoms with van der Waals surface area (Å²) >= 11 is 5.76. The Morgan fingerprint density at radius 2 is 1.83 bits per heavy atom. The monoisotopic (exact) mass is 538 g/mol. The molecule has 0 aliphatic carbocycles. The van der Waals surface area contributed by atoms with Gasteiger partial charge >= 0.3 is 12.1 Å². The van der Waals surface area contributed by atoms with Gasteiger partial charge in [-0.05, 0) is 30.3 Å². The van der Waals surface area contributed by atoms with E-state index < -0.39 is 62.3 Å². The second-order valence-electron chi connectivity index (χ2n) is 7.03. The van der Waals surface area contributed by atoms with Crippen molar-refractivity contribution in [3.63, 3.8) is 0 Å². The number of rotatable bonds is 9. The third kappa shape index (κ3) is 7.53. The number of carbonyl (C=O) groups is 2. The fourth-order valence-corrected chi connectivity index (χ4v) is 3.77. The lowest BCUT2D eigenvalue weighted by Gasteiger charge is -2.14. The summed E-state index contributed by atoms with van der Waals surface area (Å²) in [7, 11) is -1.30. The highest BCUT2D eigenvalue weighted by Crippen LogP contribution is 2.34. The summed E-state index contributed by atoms with van der Waals surface area (Å²) in [6.45, 7) is -1.88. The smallest absolute Gasteiger partial charge is 0.416 e. The molecular weight excluding hydrogens is 521 g/mol. The summed E-state index contributed by atoms with van der Waals surface area (Å²) in [6.07, 6.45) is -4.68. The molecule has 0 heterocycles. The number of carbonyl (C=O) groups excluding carboxylic acids is 2. The van der Waals surface area contributed by atoms with Crippen LogP contribution in [0.4, 0.5) is 30.2 Å². The second kappa shape index (κ2) is 10.9. The van der Waals surface area contributed by atoms with Crippen molar-refractivity contribution in [1.82, 2.24) is 4.72 Å². The van der Waals surface area contributed by atoms with Crippen molar-refractivity contribution in [1.29, 1.82) is 0 Å². The number of benzene rings is 2. The summed E-state index contributed by atoms with van der Waals surface area (Å²) < 4.78 is 69.6. The SMILES string of the molecule is CN(C)c1ccc(S(=O)(=O)NCC(=O)OCC(=O)Nc2cc(C(F)(F)F)ccc2Cl)cc1[N+](=O)[O-]. The van der Waals surface area contributed by atoms with Crippen molar-refractivity contribution >= 4 is 50.6 Å². The number of nitrogens with one attached hydrogen (secondary N) is 2. The minimum Gasteiger partial charge on any atom is -0.455 e. The van der Waals surface area contributed by atoms with Gasteiger partial charge in [-0.1, -0.05) is 11.6 Å². The number of hydrogen-bond acceptors (Lipinski definition) is 8. The van der Waals surface area contributed by atoms with Gasteiger partial charge in [0.15, 0.2) is 6.61 Å². The molecule has 0 saturated heterocycles. The van der Waals surface area contributed by atoms with Gasteiger partial charge in [0.05, 0.1) is 26.1 Å². The van der Waals surface area contributed by atoms with E-state index in [4.69, 9.17) is 11.6 Å². The number of esters is 1. The van der Waals surface area contributed by atoms with Crippen LogP contribution in [0.3, 0.4) is 0 Å². The maximum absolute atomic E-state index is 12.8. The van der Waals surface area contributed by atoms with Gasteiger partial charge < -0.3 is 15.0 Å². The predicted molar refractivity (Wildman–Crippen MR) is 119 cm³/mol. The maximum atomic E-state index is 12.8. The van der Waals surface area contributed by atoms with Crippen LogP contribution in [0.1, 0.15) is 5.56 Å². The number of ether oxygens (including phenoxy) is 1. The Labute approximate surface area is 202 Å². The van der Waals surface area contributed by atoms with Crippen LogP contribution in [0, 0.1) is 10.1 Å². The molecule has 0 bridgehead atoms. The highest BCUT2D eigenvalue weighted by atomic mass is 35.5.